The van der Waals surface area contributed by atoms with Gasteiger partial charge >= 0.3 is 0 Å². The van der Waals surface area contributed by atoms with Crippen LogP contribution in [-0.4, -0.2) is 89.2 Å². The van der Waals surface area contributed by atoms with Crippen LogP contribution in [0.1, 0.15) is 71.1 Å². The number of aromatic nitrogens is 1. The molecule has 0 bridgehead atoms. The average Bonchev–Trinajstić information content (AvgIpc) is 3.06. The number of aliphatic hydroxyl groups is 1. The standard InChI is InChI=1S/C35H44N4O6/c1-24-21-39(25(2)23-40)35(43)30-20-29(37-33(41)27-11-6-5-7-12-27)13-14-31(30)45-26(3)10-8-9-19-44-32(24)22-38(4)34(42)28-15-17-36-18-16-28/h5-7,11-18,20,24-26,32,40H,8-10,19,21-23H2,1-4H3,(H,37,41)/t24-,25+,26+,32-/m0/s1. The van der Waals surface area contributed by atoms with Crippen molar-refractivity contribution in [2.45, 2.75) is 58.3 Å². The maximum atomic E-state index is 14.3. The summed E-state index contributed by atoms with van der Waals surface area (Å²) in [5, 5.41) is 13.1. The molecule has 10 nitrogen and oxygen atoms in total. The van der Waals surface area contributed by atoms with Crippen molar-refractivity contribution in [1.29, 1.82) is 0 Å². The monoisotopic (exact) mass is 616 g/mol. The molecule has 0 saturated carbocycles. The Labute approximate surface area is 265 Å². The summed E-state index contributed by atoms with van der Waals surface area (Å²) >= 11 is 0. The maximum absolute atomic E-state index is 14.3. The number of amides is 3. The minimum Gasteiger partial charge on any atom is -0.490 e. The molecular formula is C35H44N4O6. The Bertz CT molecular complexity index is 1420. The van der Waals surface area contributed by atoms with Crippen molar-refractivity contribution in [1.82, 2.24) is 14.8 Å². The zero-order chi connectivity index (χ0) is 32.3. The molecule has 1 aliphatic heterocycles. The largest absolute Gasteiger partial charge is 0.490 e. The number of fused-ring (bicyclic) bond motifs is 1. The summed E-state index contributed by atoms with van der Waals surface area (Å²) in [5.74, 6) is -0.547. The molecule has 4 rings (SSSR count). The van der Waals surface area contributed by atoms with Crippen LogP contribution in [0.3, 0.4) is 0 Å². The van der Waals surface area contributed by atoms with Gasteiger partial charge in [0.25, 0.3) is 17.7 Å². The molecule has 240 valence electrons. The molecule has 1 aliphatic rings. The summed E-state index contributed by atoms with van der Waals surface area (Å²) in [6.07, 6.45) is 5.05. The molecule has 2 aromatic carbocycles. The summed E-state index contributed by atoms with van der Waals surface area (Å²) in [6.45, 7) is 6.58. The lowest BCUT2D eigenvalue weighted by atomic mass is 10.0. The molecule has 0 spiro atoms. The number of aliphatic hydroxyl groups excluding tert-OH is 1. The van der Waals surface area contributed by atoms with E-state index in [1.165, 1.54) is 0 Å². The van der Waals surface area contributed by atoms with Crippen molar-refractivity contribution in [3.8, 4) is 5.75 Å². The third-order valence-corrected chi connectivity index (χ3v) is 8.07. The second-order valence-corrected chi connectivity index (χ2v) is 11.8. The van der Waals surface area contributed by atoms with Gasteiger partial charge in [0.15, 0.2) is 0 Å². The molecule has 0 aliphatic carbocycles. The highest BCUT2D eigenvalue weighted by Gasteiger charge is 2.31. The summed E-state index contributed by atoms with van der Waals surface area (Å²) in [6, 6.07) is 16.8. The lowest BCUT2D eigenvalue weighted by Gasteiger charge is -2.36. The quantitative estimate of drug-likeness (QED) is 0.387. The number of pyridine rings is 1. The number of carbonyl (C=O) groups excluding carboxylic acids is 3. The van der Waals surface area contributed by atoms with Crippen molar-refractivity contribution in [3.05, 3.63) is 89.7 Å². The third kappa shape index (κ3) is 9.12. The van der Waals surface area contributed by atoms with Gasteiger partial charge in [-0.05, 0) is 75.6 Å². The Kier molecular flexibility index (Phi) is 12.1. The van der Waals surface area contributed by atoms with E-state index in [1.54, 1.807) is 90.8 Å². The predicted octanol–water partition coefficient (Wildman–Crippen LogP) is 4.90. The van der Waals surface area contributed by atoms with Gasteiger partial charge in [0, 0.05) is 61.9 Å². The molecule has 10 heteroatoms. The first kappa shape index (κ1) is 33.6. The third-order valence-electron chi connectivity index (χ3n) is 8.07. The summed E-state index contributed by atoms with van der Waals surface area (Å²) in [5.41, 5.74) is 1.78. The van der Waals surface area contributed by atoms with E-state index < -0.39 is 6.04 Å². The minimum absolute atomic E-state index is 0.144. The van der Waals surface area contributed by atoms with Crippen LogP contribution >= 0.6 is 0 Å². The lowest BCUT2D eigenvalue weighted by molar-refractivity contribution is -0.0149. The van der Waals surface area contributed by atoms with Crippen molar-refractivity contribution >= 4 is 23.4 Å². The fourth-order valence-corrected chi connectivity index (χ4v) is 5.32. The highest BCUT2D eigenvalue weighted by Crippen LogP contribution is 2.29. The Morgan fingerprint density at radius 3 is 2.51 bits per heavy atom. The van der Waals surface area contributed by atoms with E-state index in [4.69, 9.17) is 9.47 Å². The molecule has 3 aromatic rings. The number of nitrogens with zero attached hydrogens (tertiary/aromatic N) is 3. The molecule has 45 heavy (non-hydrogen) atoms. The number of hydrogen-bond acceptors (Lipinski definition) is 7. The Morgan fingerprint density at radius 2 is 1.80 bits per heavy atom. The minimum atomic E-state index is -0.516. The van der Waals surface area contributed by atoms with Gasteiger partial charge in [0.2, 0.25) is 0 Å². The molecular weight excluding hydrogens is 572 g/mol. The van der Waals surface area contributed by atoms with Crippen LogP contribution < -0.4 is 10.1 Å². The van der Waals surface area contributed by atoms with Crippen molar-refractivity contribution in [2.75, 3.05) is 38.7 Å². The first-order valence-electron chi connectivity index (χ1n) is 15.5. The highest BCUT2D eigenvalue weighted by molar-refractivity contribution is 6.05. The van der Waals surface area contributed by atoms with E-state index in [0.29, 0.717) is 41.3 Å². The maximum Gasteiger partial charge on any atom is 0.258 e. The van der Waals surface area contributed by atoms with Crippen molar-refractivity contribution < 1.29 is 29.0 Å². The molecule has 2 heterocycles. The first-order valence-corrected chi connectivity index (χ1v) is 15.5. The van der Waals surface area contributed by atoms with Gasteiger partial charge in [-0.3, -0.25) is 19.4 Å². The number of benzene rings is 2. The first-order chi connectivity index (χ1) is 21.7. The highest BCUT2D eigenvalue weighted by atomic mass is 16.5. The fourth-order valence-electron chi connectivity index (χ4n) is 5.32. The van der Waals surface area contributed by atoms with Crippen LogP contribution in [0, 0.1) is 5.92 Å². The topological polar surface area (TPSA) is 121 Å². The fraction of sp³-hybridized carbons (Fsp3) is 0.429. The van der Waals surface area contributed by atoms with Crippen LogP contribution in [0.15, 0.2) is 73.1 Å². The van der Waals surface area contributed by atoms with E-state index in [-0.39, 0.29) is 49.0 Å². The molecule has 0 saturated heterocycles. The molecule has 1 aromatic heterocycles. The smallest absolute Gasteiger partial charge is 0.258 e. The van der Waals surface area contributed by atoms with E-state index in [1.807, 2.05) is 19.9 Å². The van der Waals surface area contributed by atoms with Gasteiger partial charge in [-0.15, -0.1) is 0 Å². The zero-order valence-corrected chi connectivity index (χ0v) is 26.5. The number of carbonyl (C=O) groups is 3. The summed E-state index contributed by atoms with van der Waals surface area (Å²) in [4.78, 5) is 47.6. The number of ether oxygens (including phenoxy) is 2. The molecule has 0 fully saturated rings. The second kappa shape index (κ2) is 16.2. The SMILES string of the molecule is C[C@@H]1CCCCO[C@@H](CN(C)C(=O)c2ccncc2)[C@@H](C)CN([C@H](C)CO)C(=O)c2cc(NC(=O)c3ccccc3)ccc2O1. The van der Waals surface area contributed by atoms with Crippen LogP contribution in [-0.2, 0) is 4.74 Å². The average molecular weight is 617 g/mol. The van der Waals surface area contributed by atoms with E-state index >= 15 is 0 Å². The molecule has 4 atom stereocenters. The van der Waals surface area contributed by atoms with E-state index in [0.717, 1.165) is 19.3 Å². The zero-order valence-electron chi connectivity index (χ0n) is 26.5. The summed E-state index contributed by atoms with van der Waals surface area (Å²) < 4.78 is 12.6. The number of nitrogens with one attached hydrogen (secondary N) is 1. The van der Waals surface area contributed by atoms with E-state index in [2.05, 4.69) is 10.3 Å². The molecule has 3 amide bonds. The van der Waals surface area contributed by atoms with Gasteiger partial charge in [-0.2, -0.15) is 0 Å². The van der Waals surface area contributed by atoms with Gasteiger partial charge in [-0.1, -0.05) is 25.1 Å². The second-order valence-electron chi connectivity index (χ2n) is 11.8. The Morgan fingerprint density at radius 1 is 1.07 bits per heavy atom. The number of rotatable bonds is 7. The lowest BCUT2D eigenvalue weighted by Crippen LogP contribution is -2.48. The Hall–Kier alpha value is -4.28. The predicted molar refractivity (Wildman–Crippen MR) is 172 cm³/mol. The number of likely N-dealkylation sites (N-methyl/N-ethyl adjacent to an activating group) is 1. The molecule has 2 N–H and O–H groups in total. The van der Waals surface area contributed by atoms with E-state index in [9.17, 15) is 19.5 Å². The normalized spacial score (nSPS) is 20.2. The Balaban J connectivity index is 1.63. The van der Waals surface area contributed by atoms with Gasteiger partial charge in [0.05, 0.1) is 30.4 Å². The van der Waals surface area contributed by atoms with Gasteiger partial charge in [-0.25, -0.2) is 0 Å². The van der Waals surface area contributed by atoms with Crippen LogP contribution in [0.5, 0.6) is 5.75 Å². The number of anilines is 1. The van der Waals surface area contributed by atoms with Crippen molar-refractivity contribution in [3.63, 3.8) is 0 Å². The van der Waals surface area contributed by atoms with Crippen LogP contribution in [0.4, 0.5) is 5.69 Å². The van der Waals surface area contributed by atoms with Crippen LogP contribution in [0.2, 0.25) is 0 Å². The molecule has 0 unspecified atom stereocenters. The summed E-state index contributed by atoms with van der Waals surface area (Å²) in [7, 11) is 1.74. The molecule has 0 radical (unpaired) electrons. The van der Waals surface area contributed by atoms with Gasteiger partial charge < -0.3 is 29.7 Å². The number of hydrogen-bond donors (Lipinski definition) is 2. The van der Waals surface area contributed by atoms with Crippen LogP contribution in [0.25, 0.3) is 0 Å². The van der Waals surface area contributed by atoms with Crippen molar-refractivity contribution in [2.24, 2.45) is 5.92 Å². The van der Waals surface area contributed by atoms with Gasteiger partial charge in [0.1, 0.15) is 5.75 Å².